The molecule has 0 spiro atoms. The number of ether oxygens (including phenoxy) is 1. The molecule has 2 aromatic heterocycles. The molecular weight excluding hydrogens is 579 g/mol. The number of morpholine rings is 1. The standard InChI is InChI=1S/C33H31FN6O5/c1-39(2)32(42)20-3-6-22(7-4-20)35-33(43)36-23-8-11-25(27(34)18-23)30-37-28-17-21(29-12-9-24(19-41)45-29)5-10-26(28)31(38-30)40-13-15-44-16-14-40/h3-12,17-18,41H,13-16,19H2,1-2H3,(H2,35,36,43). The van der Waals surface area contributed by atoms with E-state index in [-0.39, 0.29) is 29.6 Å². The van der Waals surface area contributed by atoms with Gasteiger partial charge in [0, 0.05) is 55.1 Å². The van der Waals surface area contributed by atoms with Crippen LogP contribution < -0.4 is 15.5 Å². The van der Waals surface area contributed by atoms with E-state index in [0.717, 1.165) is 10.9 Å². The van der Waals surface area contributed by atoms with E-state index in [1.54, 1.807) is 56.6 Å². The van der Waals surface area contributed by atoms with Gasteiger partial charge in [-0.2, -0.15) is 0 Å². The molecule has 1 fully saturated rings. The maximum atomic E-state index is 15.6. The van der Waals surface area contributed by atoms with Crippen molar-refractivity contribution in [3.05, 3.63) is 89.9 Å². The maximum absolute atomic E-state index is 15.6. The van der Waals surface area contributed by atoms with E-state index in [2.05, 4.69) is 15.5 Å². The Morgan fingerprint density at radius 1 is 0.933 bits per heavy atom. The van der Waals surface area contributed by atoms with E-state index in [0.29, 0.717) is 60.4 Å². The number of urea groups is 1. The Morgan fingerprint density at radius 2 is 1.67 bits per heavy atom. The van der Waals surface area contributed by atoms with Crippen LogP contribution in [0.5, 0.6) is 0 Å². The third-order valence-electron chi connectivity index (χ3n) is 7.35. The fourth-order valence-electron chi connectivity index (χ4n) is 5.04. The van der Waals surface area contributed by atoms with Gasteiger partial charge in [0.25, 0.3) is 5.91 Å². The second-order valence-corrected chi connectivity index (χ2v) is 10.7. The molecule has 45 heavy (non-hydrogen) atoms. The lowest BCUT2D eigenvalue weighted by atomic mass is 10.1. The van der Waals surface area contributed by atoms with E-state index in [1.807, 2.05) is 18.2 Å². The molecule has 5 aromatic rings. The van der Waals surface area contributed by atoms with Gasteiger partial charge >= 0.3 is 6.03 Å². The van der Waals surface area contributed by atoms with E-state index in [9.17, 15) is 14.7 Å². The Labute approximate surface area is 258 Å². The van der Waals surface area contributed by atoms with Crippen molar-refractivity contribution in [3.8, 4) is 22.7 Å². The van der Waals surface area contributed by atoms with Gasteiger partial charge in [-0.3, -0.25) is 4.79 Å². The molecule has 0 saturated carbocycles. The number of halogens is 1. The summed E-state index contributed by atoms with van der Waals surface area (Å²) in [5.74, 6) is 1.12. The number of hydrogen-bond donors (Lipinski definition) is 3. The summed E-state index contributed by atoms with van der Waals surface area (Å²) >= 11 is 0. The van der Waals surface area contributed by atoms with Crippen molar-refractivity contribution in [2.75, 3.05) is 55.9 Å². The molecule has 6 rings (SSSR count). The first-order chi connectivity index (χ1) is 21.8. The van der Waals surface area contributed by atoms with Crippen molar-refractivity contribution in [2.45, 2.75) is 6.61 Å². The normalized spacial score (nSPS) is 13.1. The van der Waals surface area contributed by atoms with Crippen LogP contribution in [0.3, 0.4) is 0 Å². The molecule has 0 aliphatic carbocycles. The number of aliphatic hydroxyl groups is 1. The van der Waals surface area contributed by atoms with Crippen LogP contribution in [0, 0.1) is 5.82 Å². The van der Waals surface area contributed by atoms with Gasteiger partial charge in [-0.1, -0.05) is 6.07 Å². The lowest BCUT2D eigenvalue weighted by molar-refractivity contribution is 0.0827. The molecule has 3 heterocycles. The van der Waals surface area contributed by atoms with E-state index in [1.165, 1.54) is 17.0 Å². The number of aromatic nitrogens is 2. The number of aliphatic hydroxyl groups excluding tert-OH is 1. The number of carbonyl (C=O) groups is 2. The summed E-state index contributed by atoms with van der Waals surface area (Å²) in [6, 6.07) is 19.4. The summed E-state index contributed by atoms with van der Waals surface area (Å²) in [4.78, 5) is 37.8. The Morgan fingerprint density at radius 3 is 2.36 bits per heavy atom. The number of rotatable bonds is 7. The second-order valence-electron chi connectivity index (χ2n) is 10.7. The molecule has 1 saturated heterocycles. The zero-order chi connectivity index (χ0) is 31.5. The summed E-state index contributed by atoms with van der Waals surface area (Å²) in [5, 5.41) is 15.5. The highest BCUT2D eigenvalue weighted by molar-refractivity contribution is 6.01. The smallest absolute Gasteiger partial charge is 0.323 e. The van der Waals surface area contributed by atoms with Crippen molar-refractivity contribution in [2.24, 2.45) is 0 Å². The molecule has 0 atom stereocenters. The van der Waals surface area contributed by atoms with Crippen LogP contribution >= 0.6 is 0 Å². The van der Waals surface area contributed by atoms with Crippen LogP contribution in [0.4, 0.5) is 26.4 Å². The van der Waals surface area contributed by atoms with Crippen molar-refractivity contribution in [3.63, 3.8) is 0 Å². The molecular formula is C33H31FN6O5. The van der Waals surface area contributed by atoms with Gasteiger partial charge in [0.05, 0.1) is 24.3 Å². The zero-order valence-corrected chi connectivity index (χ0v) is 24.7. The van der Waals surface area contributed by atoms with Crippen molar-refractivity contribution >= 4 is 40.0 Å². The number of furan rings is 1. The van der Waals surface area contributed by atoms with E-state index >= 15 is 4.39 Å². The van der Waals surface area contributed by atoms with Gasteiger partial charge in [-0.25, -0.2) is 19.2 Å². The quantitative estimate of drug-likeness (QED) is 0.224. The number of amides is 3. The summed E-state index contributed by atoms with van der Waals surface area (Å²) in [6.45, 7) is 2.13. The van der Waals surface area contributed by atoms with Crippen LogP contribution in [0.1, 0.15) is 16.1 Å². The molecule has 12 heteroatoms. The molecule has 3 amide bonds. The van der Waals surface area contributed by atoms with Gasteiger partial charge in [-0.15, -0.1) is 0 Å². The average molecular weight is 611 g/mol. The van der Waals surface area contributed by atoms with Gasteiger partial charge in [0.1, 0.15) is 29.8 Å². The van der Waals surface area contributed by atoms with Crippen LogP contribution in [0.25, 0.3) is 33.6 Å². The van der Waals surface area contributed by atoms with E-state index in [4.69, 9.17) is 19.1 Å². The van der Waals surface area contributed by atoms with Crippen molar-refractivity contribution < 1.29 is 28.2 Å². The van der Waals surface area contributed by atoms with Gasteiger partial charge < -0.3 is 34.7 Å². The Bertz CT molecular complexity index is 1870. The molecule has 1 aliphatic rings. The highest BCUT2D eigenvalue weighted by Crippen LogP contribution is 2.33. The number of fused-ring (bicyclic) bond motifs is 1. The number of benzene rings is 3. The molecule has 1 aliphatic heterocycles. The lowest BCUT2D eigenvalue weighted by Gasteiger charge is -2.29. The van der Waals surface area contributed by atoms with Gasteiger partial charge in [0.2, 0.25) is 0 Å². The topological polar surface area (TPSA) is 133 Å². The molecule has 11 nitrogen and oxygen atoms in total. The summed E-state index contributed by atoms with van der Waals surface area (Å²) in [6.07, 6.45) is 0. The number of nitrogens with zero attached hydrogens (tertiary/aromatic N) is 4. The Hall–Kier alpha value is -5.33. The second kappa shape index (κ2) is 12.7. The number of hydrogen-bond acceptors (Lipinski definition) is 8. The molecule has 0 radical (unpaired) electrons. The van der Waals surface area contributed by atoms with Crippen molar-refractivity contribution in [1.29, 1.82) is 0 Å². The number of anilines is 3. The zero-order valence-electron chi connectivity index (χ0n) is 24.7. The molecule has 3 aromatic carbocycles. The fraction of sp³-hybridized carbons (Fsp3) is 0.212. The minimum Gasteiger partial charge on any atom is -0.459 e. The number of carbonyl (C=O) groups excluding carboxylic acids is 2. The average Bonchev–Trinajstić information content (AvgIpc) is 3.54. The van der Waals surface area contributed by atoms with Gasteiger partial charge in [0.15, 0.2) is 5.82 Å². The third-order valence-corrected chi connectivity index (χ3v) is 7.35. The van der Waals surface area contributed by atoms with Crippen LogP contribution in [0.2, 0.25) is 0 Å². The fourth-order valence-corrected chi connectivity index (χ4v) is 5.04. The summed E-state index contributed by atoms with van der Waals surface area (Å²) in [7, 11) is 3.32. The molecule has 3 N–H and O–H groups in total. The third kappa shape index (κ3) is 6.47. The lowest BCUT2D eigenvalue weighted by Crippen LogP contribution is -2.37. The predicted octanol–water partition coefficient (Wildman–Crippen LogP) is 5.37. The minimum atomic E-state index is -0.610. The monoisotopic (exact) mass is 610 g/mol. The first kappa shape index (κ1) is 29.7. The largest absolute Gasteiger partial charge is 0.459 e. The Balaban J connectivity index is 1.27. The molecule has 0 bridgehead atoms. The van der Waals surface area contributed by atoms with Gasteiger partial charge in [-0.05, 0) is 66.7 Å². The van der Waals surface area contributed by atoms with E-state index < -0.39 is 11.8 Å². The highest BCUT2D eigenvalue weighted by Gasteiger charge is 2.21. The first-order valence-corrected chi connectivity index (χ1v) is 14.3. The summed E-state index contributed by atoms with van der Waals surface area (Å²) in [5.41, 5.74) is 2.72. The predicted molar refractivity (Wildman–Crippen MR) is 169 cm³/mol. The van der Waals surface area contributed by atoms with Crippen LogP contribution in [-0.4, -0.2) is 72.3 Å². The molecule has 230 valence electrons. The number of nitrogens with one attached hydrogen (secondary N) is 2. The maximum Gasteiger partial charge on any atom is 0.323 e. The molecule has 0 unspecified atom stereocenters. The Kier molecular flexibility index (Phi) is 8.41. The first-order valence-electron chi connectivity index (χ1n) is 14.3. The SMILES string of the molecule is CN(C)C(=O)c1ccc(NC(=O)Nc2ccc(-c3nc(N4CCOCC4)c4ccc(-c5ccc(CO)o5)cc4n3)c(F)c2)cc1. The van der Waals surface area contributed by atoms with Crippen LogP contribution in [-0.2, 0) is 11.3 Å². The minimum absolute atomic E-state index is 0.149. The highest BCUT2D eigenvalue weighted by atomic mass is 19.1. The van der Waals surface area contributed by atoms with Crippen molar-refractivity contribution in [1.82, 2.24) is 14.9 Å². The van der Waals surface area contributed by atoms with Crippen LogP contribution in [0.15, 0.2) is 77.2 Å². The summed E-state index contributed by atoms with van der Waals surface area (Å²) < 4.78 is 26.8.